The van der Waals surface area contributed by atoms with E-state index in [4.69, 9.17) is 0 Å². The lowest BCUT2D eigenvalue weighted by Gasteiger charge is -2.35. The quantitative estimate of drug-likeness (QED) is 0.926. The number of hydrogen-bond donors (Lipinski definition) is 1. The molecule has 2 heterocycles. The van der Waals surface area contributed by atoms with Crippen molar-refractivity contribution in [1.82, 2.24) is 15.2 Å². The van der Waals surface area contributed by atoms with E-state index in [0.29, 0.717) is 5.92 Å². The van der Waals surface area contributed by atoms with E-state index in [1.54, 1.807) is 0 Å². The Kier molecular flexibility index (Phi) is 5.04. The van der Waals surface area contributed by atoms with Gasteiger partial charge >= 0.3 is 6.03 Å². The number of piperazine rings is 1. The molecule has 0 bridgehead atoms. The second-order valence-corrected chi connectivity index (χ2v) is 7.14. The number of rotatable bonds is 3. The highest BCUT2D eigenvalue weighted by molar-refractivity contribution is 5.74. The number of carbonyl (C=O) groups is 1. The summed E-state index contributed by atoms with van der Waals surface area (Å²) in [6, 6.07) is 14.7. The number of hydrogen-bond acceptors (Lipinski definition) is 3. The smallest absolute Gasteiger partial charge is 0.317 e. The number of anilines is 1. The molecule has 2 aromatic rings. The minimum Gasteiger partial charge on any atom is -0.353 e. The molecule has 1 atom stereocenters. The number of nitrogens with one attached hydrogen (secondary N) is 1. The Morgan fingerprint density at radius 3 is 2.69 bits per heavy atom. The molecular weight excluding hydrogens is 324 g/mol. The molecule has 1 unspecified atom stereocenters. The monoisotopic (exact) mass is 350 g/mol. The Morgan fingerprint density at radius 2 is 1.88 bits per heavy atom. The van der Waals surface area contributed by atoms with Crippen molar-refractivity contribution in [2.45, 2.75) is 25.2 Å². The Hall–Kier alpha value is -2.56. The van der Waals surface area contributed by atoms with E-state index in [9.17, 15) is 4.79 Å². The van der Waals surface area contributed by atoms with Crippen molar-refractivity contribution < 1.29 is 4.79 Å². The highest BCUT2D eigenvalue weighted by Crippen LogP contribution is 2.30. The number of nitrogens with zero attached hydrogens (tertiary/aromatic N) is 3. The Bertz CT molecular complexity index is 741. The third kappa shape index (κ3) is 3.66. The molecule has 5 heteroatoms. The molecule has 5 nitrogen and oxygen atoms in total. The highest BCUT2D eigenvalue weighted by atomic mass is 16.2. The molecule has 26 heavy (non-hydrogen) atoms. The Labute approximate surface area is 155 Å². The highest BCUT2D eigenvalue weighted by Gasteiger charge is 2.24. The van der Waals surface area contributed by atoms with Crippen LogP contribution in [0.1, 0.15) is 29.9 Å². The van der Waals surface area contributed by atoms with Crippen LogP contribution >= 0.6 is 0 Å². The zero-order valence-electron chi connectivity index (χ0n) is 15.1. The number of benzene rings is 1. The van der Waals surface area contributed by atoms with Gasteiger partial charge in [0.25, 0.3) is 0 Å². The SMILES string of the molecule is O=C(NCC1CCCc2ccccc21)N1CCN(c2ccccn2)CC1. The fourth-order valence-corrected chi connectivity index (χ4v) is 4.07. The molecule has 0 spiro atoms. The van der Waals surface area contributed by atoms with E-state index in [2.05, 4.69) is 39.5 Å². The van der Waals surface area contributed by atoms with Gasteiger partial charge in [-0.05, 0) is 42.5 Å². The fraction of sp³-hybridized carbons (Fsp3) is 0.429. The summed E-state index contributed by atoms with van der Waals surface area (Å²) in [6.45, 7) is 3.87. The second-order valence-electron chi connectivity index (χ2n) is 7.14. The molecule has 136 valence electrons. The summed E-state index contributed by atoms with van der Waals surface area (Å²) in [4.78, 5) is 21.1. The van der Waals surface area contributed by atoms with Gasteiger partial charge < -0.3 is 15.1 Å². The number of aromatic nitrogens is 1. The van der Waals surface area contributed by atoms with E-state index in [0.717, 1.165) is 51.4 Å². The van der Waals surface area contributed by atoms with E-state index in [-0.39, 0.29) is 6.03 Å². The van der Waals surface area contributed by atoms with Crippen LogP contribution in [0.25, 0.3) is 0 Å². The molecule has 1 N–H and O–H groups in total. The van der Waals surface area contributed by atoms with E-state index in [1.807, 2.05) is 29.3 Å². The number of fused-ring (bicyclic) bond motifs is 1. The number of carbonyl (C=O) groups excluding carboxylic acids is 1. The first-order valence-electron chi connectivity index (χ1n) is 9.58. The molecule has 1 saturated heterocycles. The standard InChI is InChI=1S/C21H26N4O/c26-21(23-16-18-8-5-7-17-6-1-2-9-19(17)18)25-14-12-24(13-15-25)20-10-3-4-11-22-20/h1-4,6,9-11,18H,5,7-8,12-16H2,(H,23,26). The normalized spacial score (nSPS) is 19.8. The average molecular weight is 350 g/mol. The van der Waals surface area contributed by atoms with Crippen molar-refractivity contribution in [3.05, 3.63) is 59.8 Å². The number of aryl methyl sites for hydroxylation is 1. The van der Waals surface area contributed by atoms with Crippen LogP contribution in [-0.4, -0.2) is 48.6 Å². The van der Waals surface area contributed by atoms with Gasteiger partial charge in [-0.3, -0.25) is 0 Å². The fourth-order valence-electron chi connectivity index (χ4n) is 4.07. The summed E-state index contributed by atoms with van der Waals surface area (Å²) in [5, 5.41) is 3.17. The van der Waals surface area contributed by atoms with E-state index >= 15 is 0 Å². The molecule has 1 fully saturated rings. The molecule has 2 aliphatic rings. The molecule has 1 aliphatic carbocycles. The second kappa shape index (κ2) is 7.77. The third-order valence-electron chi connectivity index (χ3n) is 5.53. The summed E-state index contributed by atoms with van der Waals surface area (Å²) < 4.78 is 0. The first kappa shape index (κ1) is 16.9. The predicted molar refractivity (Wildman–Crippen MR) is 104 cm³/mol. The number of urea groups is 1. The van der Waals surface area contributed by atoms with Crippen LogP contribution in [0.15, 0.2) is 48.7 Å². The molecule has 2 amide bonds. The molecule has 1 aromatic carbocycles. The van der Waals surface area contributed by atoms with Gasteiger partial charge in [-0.2, -0.15) is 0 Å². The lowest BCUT2D eigenvalue weighted by atomic mass is 9.83. The van der Waals surface area contributed by atoms with Crippen molar-refractivity contribution in [3.8, 4) is 0 Å². The molecule has 0 radical (unpaired) electrons. The average Bonchev–Trinajstić information content (AvgIpc) is 2.73. The molecule has 0 saturated carbocycles. The minimum atomic E-state index is 0.0636. The molecule has 1 aromatic heterocycles. The predicted octanol–water partition coefficient (Wildman–Crippen LogP) is 3.03. The third-order valence-corrected chi connectivity index (χ3v) is 5.53. The summed E-state index contributed by atoms with van der Waals surface area (Å²) in [5.74, 6) is 1.44. The summed E-state index contributed by atoms with van der Waals surface area (Å²) in [5.41, 5.74) is 2.86. The van der Waals surface area contributed by atoms with Gasteiger partial charge in [0, 0.05) is 44.8 Å². The van der Waals surface area contributed by atoms with Crippen molar-refractivity contribution in [3.63, 3.8) is 0 Å². The van der Waals surface area contributed by atoms with Gasteiger partial charge in [0.15, 0.2) is 0 Å². The maximum atomic E-state index is 12.6. The summed E-state index contributed by atoms with van der Waals surface area (Å²) in [6.07, 6.45) is 5.34. The number of pyridine rings is 1. The zero-order valence-corrected chi connectivity index (χ0v) is 15.1. The van der Waals surface area contributed by atoms with Gasteiger partial charge in [0.2, 0.25) is 0 Å². The lowest BCUT2D eigenvalue weighted by molar-refractivity contribution is 0.193. The van der Waals surface area contributed by atoms with Crippen LogP contribution in [0.4, 0.5) is 10.6 Å². The topological polar surface area (TPSA) is 48.5 Å². The lowest BCUT2D eigenvalue weighted by Crippen LogP contribution is -2.52. The summed E-state index contributed by atoms with van der Waals surface area (Å²) in [7, 11) is 0. The van der Waals surface area contributed by atoms with Gasteiger partial charge in [0.1, 0.15) is 5.82 Å². The maximum absolute atomic E-state index is 12.6. The first-order chi connectivity index (χ1) is 12.8. The van der Waals surface area contributed by atoms with Gasteiger partial charge in [0.05, 0.1) is 0 Å². The summed E-state index contributed by atoms with van der Waals surface area (Å²) >= 11 is 0. The van der Waals surface area contributed by atoms with Crippen molar-refractivity contribution >= 4 is 11.8 Å². The minimum absolute atomic E-state index is 0.0636. The molecule has 1 aliphatic heterocycles. The van der Waals surface area contributed by atoms with Crippen molar-refractivity contribution in [1.29, 1.82) is 0 Å². The van der Waals surface area contributed by atoms with Gasteiger partial charge in [-0.1, -0.05) is 30.3 Å². The number of amides is 2. The Balaban J connectivity index is 1.29. The molecule has 4 rings (SSSR count). The van der Waals surface area contributed by atoms with Crippen LogP contribution in [0.2, 0.25) is 0 Å². The van der Waals surface area contributed by atoms with Gasteiger partial charge in [-0.25, -0.2) is 9.78 Å². The van der Waals surface area contributed by atoms with Crippen LogP contribution in [0.3, 0.4) is 0 Å². The largest absolute Gasteiger partial charge is 0.353 e. The van der Waals surface area contributed by atoms with Crippen molar-refractivity contribution in [2.75, 3.05) is 37.6 Å². The van der Waals surface area contributed by atoms with Gasteiger partial charge in [-0.15, -0.1) is 0 Å². The van der Waals surface area contributed by atoms with Crippen LogP contribution < -0.4 is 10.2 Å². The van der Waals surface area contributed by atoms with E-state index < -0.39 is 0 Å². The van der Waals surface area contributed by atoms with E-state index in [1.165, 1.54) is 17.5 Å². The first-order valence-corrected chi connectivity index (χ1v) is 9.58. The molecular formula is C21H26N4O. The maximum Gasteiger partial charge on any atom is 0.317 e. The Morgan fingerprint density at radius 1 is 1.08 bits per heavy atom. The van der Waals surface area contributed by atoms with Crippen LogP contribution in [0, 0.1) is 0 Å². The zero-order chi connectivity index (χ0) is 17.8. The van der Waals surface area contributed by atoms with Crippen LogP contribution in [-0.2, 0) is 6.42 Å². The van der Waals surface area contributed by atoms with Crippen molar-refractivity contribution in [2.24, 2.45) is 0 Å². The van der Waals surface area contributed by atoms with Crippen LogP contribution in [0.5, 0.6) is 0 Å².